The van der Waals surface area contributed by atoms with E-state index in [-0.39, 0.29) is 29.4 Å². The highest BCUT2D eigenvalue weighted by molar-refractivity contribution is 5.84. The number of carbonyl (C=O) groups excluding carboxylic acids is 1. The molecule has 1 aromatic heterocycles. The molecule has 1 saturated carbocycles. The fraction of sp³-hybridized carbons (Fsp3) is 0.684. The Morgan fingerprint density at radius 1 is 1.46 bits per heavy atom. The molecule has 5 heteroatoms. The highest BCUT2D eigenvalue weighted by atomic mass is 16.5. The van der Waals surface area contributed by atoms with Gasteiger partial charge in [0.25, 0.3) is 0 Å². The smallest absolute Gasteiger partial charge is 0.224 e. The number of imidazole rings is 1. The molecule has 24 heavy (non-hydrogen) atoms. The average molecular weight is 331 g/mol. The van der Waals surface area contributed by atoms with Crippen LogP contribution in [-0.4, -0.2) is 28.1 Å². The van der Waals surface area contributed by atoms with Crippen molar-refractivity contribution in [2.45, 2.75) is 52.7 Å². The Hall–Kier alpha value is -1.62. The van der Waals surface area contributed by atoms with E-state index in [4.69, 9.17) is 4.74 Å². The standard InChI is InChI=1S/C19H29N3O2/c1-12(2)8-14-17(19(14,3)4)18(23)21-13-6-7-24-16(9-13)15-10-20-11-22(15)5/h8,10-11,13-14,16-17H,6-7,9H2,1-5H3,(H,21,23)/t13-,14+,16-,17+/m0/s1. The van der Waals surface area contributed by atoms with Crippen LogP contribution in [0.3, 0.4) is 0 Å². The summed E-state index contributed by atoms with van der Waals surface area (Å²) in [7, 11) is 1.98. The highest BCUT2D eigenvalue weighted by Crippen LogP contribution is 2.59. The van der Waals surface area contributed by atoms with E-state index in [1.165, 1.54) is 5.57 Å². The molecule has 132 valence electrons. The average Bonchev–Trinajstić information content (AvgIpc) is 2.82. The van der Waals surface area contributed by atoms with E-state index in [0.29, 0.717) is 12.5 Å². The highest BCUT2D eigenvalue weighted by Gasteiger charge is 2.60. The van der Waals surface area contributed by atoms with Crippen LogP contribution in [0.25, 0.3) is 0 Å². The molecular weight excluding hydrogens is 302 g/mol. The Morgan fingerprint density at radius 2 is 2.21 bits per heavy atom. The summed E-state index contributed by atoms with van der Waals surface area (Å²) in [6.45, 7) is 9.24. The molecule has 1 amide bonds. The van der Waals surface area contributed by atoms with Crippen molar-refractivity contribution in [3.8, 4) is 0 Å². The van der Waals surface area contributed by atoms with Crippen LogP contribution in [0.2, 0.25) is 0 Å². The van der Waals surface area contributed by atoms with Gasteiger partial charge < -0.3 is 14.6 Å². The Balaban J connectivity index is 1.61. The number of allylic oxidation sites excluding steroid dienone is 2. The van der Waals surface area contributed by atoms with Crippen molar-refractivity contribution in [3.63, 3.8) is 0 Å². The zero-order valence-electron chi connectivity index (χ0n) is 15.4. The van der Waals surface area contributed by atoms with E-state index in [9.17, 15) is 4.79 Å². The lowest BCUT2D eigenvalue weighted by Gasteiger charge is -2.30. The summed E-state index contributed by atoms with van der Waals surface area (Å²) in [5.74, 6) is 0.638. The maximum atomic E-state index is 12.7. The molecule has 1 aliphatic heterocycles. The minimum absolute atomic E-state index is 0.0114. The third-order valence-electron chi connectivity index (χ3n) is 5.52. The van der Waals surface area contributed by atoms with Gasteiger partial charge in [-0.15, -0.1) is 0 Å². The molecule has 5 nitrogen and oxygen atoms in total. The Labute approximate surface area is 144 Å². The minimum Gasteiger partial charge on any atom is -0.372 e. The van der Waals surface area contributed by atoms with Crippen LogP contribution in [-0.2, 0) is 16.6 Å². The molecule has 1 aromatic rings. The molecule has 2 aliphatic rings. The first-order valence-corrected chi connectivity index (χ1v) is 8.84. The van der Waals surface area contributed by atoms with Crippen molar-refractivity contribution < 1.29 is 9.53 Å². The summed E-state index contributed by atoms with van der Waals surface area (Å²) in [6.07, 6.45) is 7.58. The fourth-order valence-corrected chi connectivity index (χ4v) is 3.95. The van der Waals surface area contributed by atoms with Gasteiger partial charge in [-0.1, -0.05) is 25.5 Å². The Kier molecular flexibility index (Phi) is 4.56. The van der Waals surface area contributed by atoms with Gasteiger partial charge in [-0.25, -0.2) is 4.98 Å². The molecule has 0 spiro atoms. The quantitative estimate of drug-likeness (QED) is 0.863. The number of nitrogens with zero attached hydrogens (tertiary/aromatic N) is 2. The van der Waals surface area contributed by atoms with Crippen LogP contribution in [0.1, 0.15) is 52.3 Å². The molecule has 0 radical (unpaired) electrons. The molecule has 0 aromatic carbocycles. The second-order valence-corrected chi connectivity index (χ2v) is 8.09. The topological polar surface area (TPSA) is 56.1 Å². The monoisotopic (exact) mass is 331 g/mol. The minimum atomic E-state index is 0.0114. The third kappa shape index (κ3) is 3.27. The van der Waals surface area contributed by atoms with E-state index in [1.54, 1.807) is 6.33 Å². The number of carbonyl (C=O) groups is 1. The zero-order valence-corrected chi connectivity index (χ0v) is 15.4. The van der Waals surface area contributed by atoms with Crippen LogP contribution in [0.4, 0.5) is 0 Å². The first kappa shape index (κ1) is 17.2. The van der Waals surface area contributed by atoms with Crippen molar-refractivity contribution in [1.82, 2.24) is 14.9 Å². The maximum absolute atomic E-state index is 12.7. The van der Waals surface area contributed by atoms with Gasteiger partial charge in [0.05, 0.1) is 24.1 Å². The zero-order chi connectivity index (χ0) is 17.5. The van der Waals surface area contributed by atoms with Crippen LogP contribution < -0.4 is 5.32 Å². The molecule has 2 heterocycles. The SMILES string of the molecule is CC(C)=C[C@@H]1[C@H](C(=O)N[C@H]2CCO[C@H](c3cncn3C)C2)C1(C)C. The molecule has 2 fully saturated rings. The van der Waals surface area contributed by atoms with Gasteiger partial charge in [0.15, 0.2) is 0 Å². The number of aromatic nitrogens is 2. The normalized spacial score (nSPS) is 31.4. The third-order valence-corrected chi connectivity index (χ3v) is 5.52. The molecule has 4 atom stereocenters. The summed E-state index contributed by atoms with van der Waals surface area (Å²) >= 11 is 0. The van der Waals surface area contributed by atoms with E-state index in [2.05, 4.69) is 44.1 Å². The molecular formula is C19H29N3O2. The van der Waals surface area contributed by atoms with Crippen LogP contribution in [0, 0.1) is 17.3 Å². The van der Waals surface area contributed by atoms with E-state index < -0.39 is 0 Å². The summed E-state index contributed by atoms with van der Waals surface area (Å²) in [5, 5.41) is 3.27. The summed E-state index contributed by atoms with van der Waals surface area (Å²) in [6, 6.07) is 0.176. The number of hydrogen-bond acceptors (Lipinski definition) is 3. The number of amides is 1. The van der Waals surface area contributed by atoms with Crippen molar-refractivity contribution in [2.75, 3.05) is 6.61 Å². The van der Waals surface area contributed by atoms with Crippen molar-refractivity contribution >= 4 is 5.91 Å². The Morgan fingerprint density at radius 3 is 2.83 bits per heavy atom. The lowest BCUT2D eigenvalue weighted by Crippen LogP contribution is -2.41. The van der Waals surface area contributed by atoms with Crippen LogP contribution in [0.15, 0.2) is 24.2 Å². The predicted octanol–water partition coefficient (Wildman–Crippen LogP) is 2.99. The van der Waals surface area contributed by atoms with E-state index >= 15 is 0 Å². The number of ether oxygens (including phenoxy) is 1. The van der Waals surface area contributed by atoms with Gasteiger partial charge in [0.1, 0.15) is 6.10 Å². The number of hydrogen-bond donors (Lipinski definition) is 1. The van der Waals surface area contributed by atoms with Crippen molar-refractivity contribution in [3.05, 3.63) is 29.9 Å². The largest absolute Gasteiger partial charge is 0.372 e. The molecule has 3 rings (SSSR count). The lowest BCUT2D eigenvalue weighted by molar-refractivity contribution is -0.125. The van der Waals surface area contributed by atoms with Gasteiger partial charge in [-0.05, 0) is 38.0 Å². The van der Waals surface area contributed by atoms with Gasteiger partial charge in [-0.3, -0.25) is 4.79 Å². The van der Waals surface area contributed by atoms with Gasteiger partial charge in [0.2, 0.25) is 5.91 Å². The molecule has 0 bridgehead atoms. The molecule has 1 saturated heterocycles. The summed E-state index contributed by atoms with van der Waals surface area (Å²) in [5.41, 5.74) is 2.42. The van der Waals surface area contributed by atoms with Gasteiger partial charge >= 0.3 is 0 Å². The predicted molar refractivity (Wildman–Crippen MR) is 93.3 cm³/mol. The molecule has 0 unspecified atom stereocenters. The fourth-order valence-electron chi connectivity index (χ4n) is 3.95. The summed E-state index contributed by atoms with van der Waals surface area (Å²) in [4.78, 5) is 16.9. The van der Waals surface area contributed by atoms with E-state index in [0.717, 1.165) is 18.5 Å². The van der Waals surface area contributed by atoms with Crippen molar-refractivity contribution in [1.29, 1.82) is 0 Å². The number of rotatable bonds is 4. The number of nitrogens with one attached hydrogen (secondary N) is 1. The van der Waals surface area contributed by atoms with E-state index in [1.807, 2.05) is 17.8 Å². The van der Waals surface area contributed by atoms with Gasteiger partial charge in [-0.2, -0.15) is 0 Å². The second-order valence-electron chi connectivity index (χ2n) is 8.09. The second kappa shape index (κ2) is 6.36. The van der Waals surface area contributed by atoms with Crippen LogP contribution >= 0.6 is 0 Å². The molecule has 1 N–H and O–H groups in total. The Bertz CT molecular complexity index is 643. The van der Waals surface area contributed by atoms with Crippen LogP contribution in [0.5, 0.6) is 0 Å². The lowest BCUT2D eigenvalue weighted by atomic mass is 10.0. The molecule has 1 aliphatic carbocycles. The van der Waals surface area contributed by atoms with Crippen molar-refractivity contribution in [2.24, 2.45) is 24.3 Å². The summed E-state index contributed by atoms with van der Waals surface area (Å²) < 4.78 is 7.87. The maximum Gasteiger partial charge on any atom is 0.224 e. The first-order valence-electron chi connectivity index (χ1n) is 8.84. The number of aryl methyl sites for hydroxylation is 1. The van der Waals surface area contributed by atoms with Gasteiger partial charge in [0, 0.05) is 19.7 Å². The first-order chi connectivity index (χ1) is 11.3.